The molecule has 7 heteroatoms. The number of nitrogens with two attached hydrogens (primary N) is 1. The summed E-state index contributed by atoms with van der Waals surface area (Å²) in [6, 6.07) is 19.4. The number of nitrogens with zero attached hydrogens (tertiary/aromatic N) is 2. The van der Waals surface area contributed by atoms with Crippen LogP contribution >= 0.6 is 0 Å². The number of urea groups is 1. The van der Waals surface area contributed by atoms with E-state index >= 15 is 0 Å². The number of amides is 3. The van der Waals surface area contributed by atoms with Gasteiger partial charge in [-0.15, -0.1) is 13.0 Å². The van der Waals surface area contributed by atoms with Gasteiger partial charge in [0.2, 0.25) is 6.41 Å². The zero-order valence-corrected chi connectivity index (χ0v) is 25.0. The summed E-state index contributed by atoms with van der Waals surface area (Å²) in [5.41, 5.74) is 6.61. The molecule has 0 bridgehead atoms. The maximum absolute atomic E-state index is 13.4. The van der Waals surface area contributed by atoms with Crippen LogP contribution in [-0.4, -0.2) is 48.8 Å². The van der Waals surface area contributed by atoms with Crippen LogP contribution in [0.5, 0.6) is 0 Å². The van der Waals surface area contributed by atoms with E-state index in [1.165, 1.54) is 11.4 Å². The molecular weight excluding hydrogens is 498 g/mol. The number of terminal acetylenes is 1. The van der Waals surface area contributed by atoms with Crippen molar-refractivity contribution in [3.63, 3.8) is 0 Å². The van der Waals surface area contributed by atoms with E-state index in [-0.39, 0.29) is 30.4 Å². The Labute approximate surface area is 242 Å². The van der Waals surface area contributed by atoms with Gasteiger partial charge in [-0.3, -0.25) is 4.79 Å². The topological polar surface area (TPSA) is 99.8 Å². The average Bonchev–Trinajstić information content (AvgIpc) is 2.93. The minimum absolute atomic E-state index is 0.00761. The number of carbonyl (C=O) groups excluding carboxylic acids is 2. The van der Waals surface area contributed by atoms with Crippen molar-refractivity contribution in [3.8, 4) is 12.3 Å². The van der Waals surface area contributed by atoms with Crippen LogP contribution in [0.3, 0.4) is 0 Å². The molecule has 1 atom stereocenters. The lowest BCUT2D eigenvalue weighted by atomic mass is 9.84. The fraction of sp³-hybridized carbons (Fsp3) is 0.424. The molecule has 0 aliphatic rings. The number of hydrogen-bond donors (Lipinski definition) is 3. The molecule has 0 saturated carbocycles. The molecule has 7 nitrogen and oxygen atoms in total. The number of primary amides is 1. The van der Waals surface area contributed by atoms with Crippen LogP contribution < -0.4 is 16.4 Å². The van der Waals surface area contributed by atoms with Crippen LogP contribution in [0, 0.1) is 17.8 Å². The number of hydrogen-bond acceptors (Lipinski definition) is 4. The van der Waals surface area contributed by atoms with Crippen molar-refractivity contribution >= 4 is 18.2 Å². The Morgan fingerprint density at radius 2 is 1.57 bits per heavy atom. The van der Waals surface area contributed by atoms with Crippen LogP contribution in [0.25, 0.3) is 0 Å². The molecular formula is C33H49N5O2. The highest BCUT2D eigenvalue weighted by molar-refractivity contribution is 6.13. The van der Waals surface area contributed by atoms with Crippen molar-refractivity contribution in [1.29, 1.82) is 0 Å². The standard InChI is InChI=1S/C29H38N4O.C3H8.CH3NO/c1-6-21-30-22-15-14-20-26(29(3,4)5)31-28(34)33(23-7-2)32-27(24-16-10-8-11-17-24)25-18-12-9-13-19-25;1-3-2;2-1-3/h2,6,8-13,16-19,26,30H,1,14-15,20-23H2,3-5H3,(H,31,34);3H2,1-2H3;1H,(H2,2,3). The van der Waals surface area contributed by atoms with Crippen LogP contribution in [-0.2, 0) is 4.79 Å². The Morgan fingerprint density at radius 1 is 1.07 bits per heavy atom. The van der Waals surface area contributed by atoms with Crippen LogP contribution in [0.2, 0.25) is 0 Å². The fourth-order valence-electron chi connectivity index (χ4n) is 3.58. The molecule has 0 fully saturated rings. The van der Waals surface area contributed by atoms with Gasteiger partial charge >= 0.3 is 6.03 Å². The van der Waals surface area contributed by atoms with Gasteiger partial charge in [-0.1, -0.05) is 120 Å². The molecule has 0 radical (unpaired) electrons. The lowest BCUT2D eigenvalue weighted by Gasteiger charge is -2.33. The predicted octanol–water partition coefficient (Wildman–Crippen LogP) is 5.96. The summed E-state index contributed by atoms with van der Waals surface area (Å²) in [5.74, 6) is 2.58. The first-order valence-electron chi connectivity index (χ1n) is 13.9. The molecule has 0 aliphatic heterocycles. The van der Waals surface area contributed by atoms with Gasteiger partial charge in [0.15, 0.2) is 0 Å². The van der Waals surface area contributed by atoms with Crippen LogP contribution in [0.15, 0.2) is 78.4 Å². The molecule has 0 saturated heterocycles. The monoisotopic (exact) mass is 547 g/mol. The summed E-state index contributed by atoms with van der Waals surface area (Å²) in [6.45, 7) is 16.2. The van der Waals surface area contributed by atoms with Crippen molar-refractivity contribution in [2.24, 2.45) is 16.3 Å². The quantitative estimate of drug-likeness (QED) is 0.0763. The van der Waals surface area contributed by atoms with Gasteiger partial charge in [-0.25, -0.2) is 9.80 Å². The number of carbonyl (C=O) groups is 2. The second kappa shape index (κ2) is 22.0. The molecule has 1 unspecified atom stereocenters. The Morgan fingerprint density at radius 3 is 2.00 bits per heavy atom. The highest BCUT2D eigenvalue weighted by Gasteiger charge is 2.28. The number of unbranched alkanes of at least 4 members (excludes halogenated alkanes) is 1. The van der Waals surface area contributed by atoms with E-state index in [4.69, 9.17) is 16.3 Å². The molecule has 2 rings (SSSR count). The van der Waals surface area contributed by atoms with E-state index in [1.54, 1.807) is 0 Å². The molecule has 0 aromatic heterocycles. The van der Waals surface area contributed by atoms with Crippen molar-refractivity contribution in [3.05, 3.63) is 84.4 Å². The predicted molar refractivity (Wildman–Crippen MR) is 169 cm³/mol. The molecule has 218 valence electrons. The Kier molecular flexibility index (Phi) is 19.8. The fourth-order valence-corrected chi connectivity index (χ4v) is 3.58. The highest BCUT2D eigenvalue weighted by atomic mass is 16.2. The van der Waals surface area contributed by atoms with Gasteiger partial charge in [-0.2, -0.15) is 5.10 Å². The normalized spacial score (nSPS) is 10.7. The maximum atomic E-state index is 13.4. The first-order chi connectivity index (χ1) is 19.2. The van der Waals surface area contributed by atoms with E-state index in [2.05, 4.69) is 63.5 Å². The van der Waals surface area contributed by atoms with Crippen molar-refractivity contribution in [1.82, 2.24) is 15.6 Å². The zero-order chi connectivity index (χ0) is 30.2. The summed E-state index contributed by atoms with van der Waals surface area (Å²) >= 11 is 0. The zero-order valence-electron chi connectivity index (χ0n) is 25.0. The van der Waals surface area contributed by atoms with Gasteiger partial charge in [0.1, 0.15) is 6.54 Å². The summed E-state index contributed by atoms with van der Waals surface area (Å²) < 4.78 is 0. The molecule has 0 aliphatic carbocycles. The number of benzene rings is 2. The van der Waals surface area contributed by atoms with Crippen molar-refractivity contribution in [2.45, 2.75) is 66.3 Å². The lowest BCUT2D eigenvalue weighted by molar-refractivity contribution is -0.106. The molecule has 0 spiro atoms. The second-order valence-electron chi connectivity index (χ2n) is 10.1. The smallest absolute Gasteiger partial charge is 0.338 e. The Bertz CT molecular complexity index is 983. The summed E-state index contributed by atoms with van der Waals surface area (Å²) in [5, 5.41) is 12.6. The van der Waals surface area contributed by atoms with Gasteiger partial charge in [0, 0.05) is 23.7 Å². The van der Waals surface area contributed by atoms with E-state index in [1.807, 2.05) is 66.7 Å². The van der Waals surface area contributed by atoms with Crippen molar-refractivity contribution < 1.29 is 9.59 Å². The Hall–Kier alpha value is -3.89. The lowest BCUT2D eigenvalue weighted by Crippen LogP contribution is -2.48. The molecule has 0 heterocycles. The SMILES string of the molecule is C#CCN(N=C(c1ccccc1)c1ccccc1)C(=O)NC(CCCCNCC=C)C(C)(C)C.CCC.NC=O. The summed E-state index contributed by atoms with van der Waals surface area (Å²) in [7, 11) is 0. The van der Waals surface area contributed by atoms with Gasteiger partial charge in [0.25, 0.3) is 0 Å². The second-order valence-corrected chi connectivity index (χ2v) is 10.1. The number of nitrogens with one attached hydrogen (secondary N) is 2. The molecule has 2 aromatic carbocycles. The minimum Gasteiger partial charge on any atom is -0.372 e. The van der Waals surface area contributed by atoms with E-state index < -0.39 is 0 Å². The largest absolute Gasteiger partial charge is 0.372 e. The van der Waals surface area contributed by atoms with Crippen LogP contribution in [0.4, 0.5) is 4.79 Å². The first-order valence-corrected chi connectivity index (χ1v) is 13.9. The van der Waals surface area contributed by atoms with Gasteiger partial charge in [-0.05, 0) is 24.8 Å². The van der Waals surface area contributed by atoms with Gasteiger partial charge in [0.05, 0.1) is 5.71 Å². The van der Waals surface area contributed by atoms with Crippen LogP contribution in [0.1, 0.15) is 71.4 Å². The third-order valence-electron chi connectivity index (χ3n) is 5.52. The maximum Gasteiger partial charge on any atom is 0.338 e. The Balaban J connectivity index is 0.00000232. The molecule has 2 aromatic rings. The number of rotatable bonds is 12. The number of hydrazone groups is 1. The van der Waals surface area contributed by atoms with Crippen molar-refractivity contribution in [2.75, 3.05) is 19.6 Å². The first kappa shape index (κ1) is 36.1. The highest BCUT2D eigenvalue weighted by Crippen LogP contribution is 2.24. The third kappa shape index (κ3) is 15.5. The van der Waals surface area contributed by atoms with E-state index in [0.717, 1.165) is 43.5 Å². The average molecular weight is 548 g/mol. The summed E-state index contributed by atoms with van der Waals surface area (Å²) in [4.78, 5) is 21.9. The summed E-state index contributed by atoms with van der Waals surface area (Å²) in [6.07, 6.45) is 11.9. The third-order valence-corrected chi connectivity index (χ3v) is 5.52. The molecule has 4 N–H and O–H groups in total. The minimum atomic E-state index is -0.285. The van der Waals surface area contributed by atoms with Gasteiger partial charge < -0.3 is 16.4 Å². The van der Waals surface area contributed by atoms with E-state index in [9.17, 15) is 4.79 Å². The van der Waals surface area contributed by atoms with E-state index in [0.29, 0.717) is 5.71 Å². The molecule has 40 heavy (non-hydrogen) atoms. The molecule has 3 amide bonds.